The Kier molecular flexibility index (Phi) is 3.82. The lowest BCUT2D eigenvalue weighted by molar-refractivity contribution is 0.471. The summed E-state index contributed by atoms with van der Waals surface area (Å²) in [7, 11) is -4.00. The first-order valence-electron chi connectivity index (χ1n) is 6.06. The summed E-state index contributed by atoms with van der Waals surface area (Å²) >= 11 is 0. The van der Waals surface area contributed by atoms with Gasteiger partial charge in [-0.15, -0.1) is 0 Å². The molecule has 0 bridgehead atoms. The van der Waals surface area contributed by atoms with Gasteiger partial charge < -0.3 is 0 Å². The highest BCUT2D eigenvalue weighted by molar-refractivity contribution is 7.86. The Bertz CT molecular complexity index is 563. The molecule has 0 aliphatic carbocycles. The van der Waals surface area contributed by atoms with Gasteiger partial charge in [0.2, 0.25) is 0 Å². The standard InChI is InChI=1S/C13H17NO3S/c1-10(18(15,16)17)9-13-12-7-3-2-5-11(12)6-4-8-14-13/h2-3,5,7,10H,4,6,8-9H2,1H3,(H,15,16,17). The lowest BCUT2D eigenvalue weighted by Gasteiger charge is -2.12. The van der Waals surface area contributed by atoms with Gasteiger partial charge in [-0.05, 0) is 30.9 Å². The van der Waals surface area contributed by atoms with Gasteiger partial charge in [0, 0.05) is 18.7 Å². The third-order valence-electron chi connectivity index (χ3n) is 3.22. The Morgan fingerprint density at radius 2 is 2.11 bits per heavy atom. The maximum atomic E-state index is 11.1. The first-order valence-corrected chi connectivity index (χ1v) is 7.56. The average Bonchev–Trinajstić information content (AvgIpc) is 2.51. The van der Waals surface area contributed by atoms with Gasteiger partial charge in [0.25, 0.3) is 10.1 Å². The zero-order valence-corrected chi connectivity index (χ0v) is 11.2. The van der Waals surface area contributed by atoms with Crippen molar-refractivity contribution in [2.24, 2.45) is 4.99 Å². The molecule has 0 saturated carbocycles. The molecule has 1 aromatic rings. The first-order chi connectivity index (χ1) is 8.48. The van der Waals surface area contributed by atoms with Crippen molar-refractivity contribution in [2.45, 2.75) is 31.4 Å². The summed E-state index contributed by atoms with van der Waals surface area (Å²) in [4.78, 5) is 4.46. The number of fused-ring (bicyclic) bond motifs is 1. The van der Waals surface area contributed by atoms with Crippen molar-refractivity contribution in [2.75, 3.05) is 6.54 Å². The van der Waals surface area contributed by atoms with Crippen LogP contribution in [-0.4, -0.2) is 30.5 Å². The largest absolute Gasteiger partial charge is 0.289 e. The second-order valence-electron chi connectivity index (χ2n) is 4.62. The Morgan fingerprint density at radius 1 is 1.39 bits per heavy atom. The van der Waals surface area contributed by atoms with E-state index >= 15 is 0 Å². The van der Waals surface area contributed by atoms with Gasteiger partial charge in [-0.3, -0.25) is 9.55 Å². The van der Waals surface area contributed by atoms with Gasteiger partial charge in [-0.2, -0.15) is 8.42 Å². The molecule has 0 spiro atoms. The molecule has 1 N–H and O–H groups in total. The Balaban J connectivity index is 2.31. The van der Waals surface area contributed by atoms with Gasteiger partial charge in [0.05, 0.1) is 5.25 Å². The summed E-state index contributed by atoms with van der Waals surface area (Å²) in [5, 5.41) is -0.817. The maximum absolute atomic E-state index is 11.1. The maximum Gasteiger partial charge on any atom is 0.267 e. The van der Waals surface area contributed by atoms with Crippen LogP contribution >= 0.6 is 0 Å². The van der Waals surface area contributed by atoms with E-state index in [0.717, 1.165) is 24.1 Å². The van der Waals surface area contributed by atoms with Crippen LogP contribution in [0.4, 0.5) is 0 Å². The highest BCUT2D eigenvalue weighted by atomic mass is 32.2. The Morgan fingerprint density at radius 3 is 2.83 bits per heavy atom. The van der Waals surface area contributed by atoms with Crippen LogP contribution in [0.2, 0.25) is 0 Å². The molecule has 0 fully saturated rings. The molecule has 1 aromatic carbocycles. The van der Waals surface area contributed by atoms with E-state index in [9.17, 15) is 8.42 Å². The lowest BCUT2D eigenvalue weighted by Crippen LogP contribution is -2.21. The summed E-state index contributed by atoms with van der Waals surface area (Å²) < 4.78 is 31.3. The normalized spacial score (nSPS) is 17.6. The molecule has 0 saturated heterocycles. The summed E-state index contributed by atoms with van der Waals surface area (Å²) in [5.74, 6) is 0. The number of rotatable bonds is 3. The molecule has 98 valence electrons. The highest BCUT2D eigenvalue weighted by Crippen LogP contribution is 2.19. The summed E-state index contributed by atoms with van der Waals surface area (Å²) in [6.07, 6.45) is 2.19. The summed E-state index contributed by atoms with van der Waals surface area (Å²) in [6, 6.07) is 7.93. The van der Waals surface area contributed by atoms with Crippen molar-refractivity contribution in [3.05, 3.63) is 35.4 Å². The minimum atomic E-state index is -4.00. The van der Waals surface area contributed by atoms with Crippen LogP contribution in [0.25, 0.3) is 0 Å². The fraction of sp³-hybridized carbons (Fsp3) is 0.462. The molecule has 1 aliphatic heterocycles. The van der Waals surface area contributed by atoms with Crippen LogP contribution in [0.1, 0.15) is 30.9 Å². The monoisotopic (exact) mass is 267 g/mol. The van der Waals surface area contributed by atoms with Crippen molar-refractivity contribution in [3.63, 3.8) is 0 Å². The Hall–Kier alpha value is -1.20. The van der Waals surface area contributed by atoms with Gasteiger partial charge in [0.1, 0.15) is 0 Å². The smallest absolute Gasteiger partial charge is 0.267 e. The molecule has 1 aliphatic rings. The van der Waals surface area contributed by atoms with Crippen molar-refractivity contribution in [3.8, 4) is 0 Å². The van der Waals surface area contributed by atoms with Crippen LogP contribution in [0.3, 0.4) is 0 Å². The van der Waals surface area contributed by atoms with Gasteiger partial charge in [-0.25, -0.2) is 0 Å². The van der Waals surface area contributed by atoms with Crippen LogP contribution in [0, 0.1) is 0 Å². The van der Waals surface area contributed by atoms with Crippen molar-refractivity contribution < 1.29 is 13.0 Å². The first kappa shape index (κ1) is 13.2. The number of hydrogen-bond acceptors (Lipinski definition) is 3. The third kappa shape index (κ3) is 2.97. The van der Waals surface area contributed by atoms with Crippen molar-refractivity contribution in [1.29, 1.82) is 0 Å². The molecular formula is C13H17NO3S. The van der Waals surface area contributed by atoms with E-state index < -0.39 is 15.4 Å². The summed E-state index contributed by atoms with van der Waals surface area (Å²) in [5.41, 5.74) is 3.01. The van der Waals surface area contributed by atoms with E-state index in [1.807, 2.05) is 24.3 Å². The lowest BCUT2D eigenvalue weighted by atomic mass is 9.98. The molecule has 1 atom stereocenters. The molecule has 0 radical (unpaired) electrons. The van der Waals surface area contributed by atoms with E-state index in [0.29, 0.717) is 6.54 Å². The number of hydrogen-bond donors (Lipinski definition) is 1. The molecule has 0 amide bonds. The van der Waals surface area contributed by atoms with Crippen molar-refractivity contribution in [1.82, 2.24) is 0 Å². The van der Waals surface area contributed by atoms with E-state index in [1.54, 1.807) is 0 Å². The zero-order chi connectivity index (χ0) is 13.2. The predicted molar refractivity (Wildman–Crippen MR) is 71.8 cm³/mol. The highest BCUT2D eigenvalue weighted by Gasteiger charge is 2.22. The number of aryl methyl sites for hydroxylation is 1. The quantitative estimate of drug-likeness (QED) is 0.853. The Labute approximate surface area is 108 Å². The van der Waals surface area contributed by atoms with Crippen LogP contribution < -0.4 is 0 Å². The second-order valence-corrected chi connectivity index (χ2v) is 6.45. The van der Waals surface area contributed by atoms with Gasteiger partial charge >= 0.3 is 0 Å². The zero-order valence-electron chi connectivity index (χ0n) is 10.3. The second kappa shape index (κ2) is 5.20. The topological polar surface area (TPSA) is 66.7 Å². The van der Waals surface area contributed by atoms with Crippen LogP contribution in [0.5, 0.6) is 0 Å². The minimum Gasteiger partial charge on any atom is -0.289 e. The fourth-order valence-electron chi connectivity index (χ4n) is 2.14. The van der Waals surface area contributed by atoms with Crippen LogP contribution in [-0.2, 0) is 16.5 Å². The molecule has 1 heterocycles. The number of aliphatic imine (C=N–C) groups is 1. The number of benzene rings is 1. The minimum absolute atomic E-state index is 0.260. The van der Waals surface area contributed by atoms with Gasteiger partial charge in [0.15, 0.2) is 0 Å². The fourth-order valence-corrected chi connectivity index (χ4v) is 2.51. The van der Waals surface area contributed by atoms with E-state index in [2.05, 4.69) is 4.99 Å². The summed E-state index contributed by atoms with van der Waals surface area (Å²) in [6.45, 7) is 2.22. The molecule has 18 heavy (non-hydrogen) atoms. The van der Waals surface area contributed by atoms with Gasteiger partial charge in [-0.1, -0.05) is 24.3 Å². The van der Waals surface area contributed by atoms with Crippen molar-refractivity contribution >= 4 is 15.8 Å². The molecule has 5 heteroatoms. The van der Waals surface area contributed by atoms with E-state index in [-0.39, 0.29) is 6.42 Å². The SMILES string of the molecule is CC(CC1=NCCCc2ccccc21)S(=O)(=O)O. The molecular weight excluding hydrogens is 250 g/mol. The van der Waals surface area contributed by atoms with E-state index in [4.69, 9.17) is 4.55 Å². The molecule has 2 rings (SSSR count). The number of nitrogens with zero attached hydrogens (tertiary/aromatic N) is 1. The predicted octanol–water partition coefficient (Wildman–Crippen LogP) is 2.09. The third-order valence-corrected chi connectivity index (χ3v) is 4.41. The van der Waals surface area contributed by atoms with Crippen LogP contribution in [0.15, 0.2) is 29.3 Å². The molecule has 4 nitrogen and oxygen atoms in total. The molecule has 0 aromatic heterocycles. The molecule has 1 unspecified atom stereocenters. The van der Waals surface area contributed by atoms with E-state index in [1.165, 1.54) is 12.5 Å². The average molecular weight is 267 g/mol.